The smallest absolute Gasteiger partial charge is 0.122 e. The monoisotopic (exact) mass is 201 g/mol. The first-order chi connectivity index (χ1) is 6.58. The zero-order valence-electron chi connectivity index (χ0n) is 9.99. The molecule has 3 nitrogen and oxygen atoms in total. The first-order valence-electron chi connectivity index (χ1n) is 5.21. The summed E-state index contributed by atoms with van der Waals surface area (Å²) in [5.74, 6) is 0.537. The van der Waals surface area contributed by atoms with Gasteiger partial charge in [-0.25, -0.2) is 0 Å². The summed E-state index contributed by atoms with van der Waals surface area (Å²) in [6.07, 6.45) is 2.52. The molecule has 0 aliphatic rings. The first kappa shape index (κ1) is 13.6. The molecule has 0 aromatic heterocycles. The standard InChI is InChI=1S/C11H23NO2/c1-6-9(2)11(12(3)4)10(14-5)7-8-13/h8-11H,6-7H2,1-5H3. The summed E-state index contributed by atoms with van der Waals surface area (Å²) in [7, 11) is 5.74. The van der Waals surface area contributed by atoms with Gasteiger partial charge in [0.15, 0.2) is 0 Å². The van der Waals surface area contributed by atoms with Crippen LogP contribution < -0.4 is 0 Å². The molecular weight excluding hydrogens is 178 g/mol. The van der Waals surface area contributed by atoms with E-state index in [1.54, 1.807) is 7.11 Å². The SMILES string of the molecule is CCC(C)C(C(CC=O)OC)N(C)C. The van der Waals surface area contributed by atoms with Crippen LogP contribution in [0.1, 0.15) is 26.7 Å². The first-order valence-corrected chi connectivity index (χ1v) is 5.21. The Morgan fingerprint density at radius 3 is 2.29 bits per heavy atom. The molecule has 0 aromatic carbocycles. The van der Waals surface area contributed by atoms with Gasteiger partial charge in [-0.15, -0.1) is 0 Å². The maximum atomic E-state index is 10.5. The molecule has 0 rings (SSSR count). The summed E-state index contributed by atoms with van der Waals surface area (Å²) < 4.78 is 5.36. The Kier molecular flexibility index (Phi) is 6.75. The molecule has 3 atom stereocenters. The molecule has 0 saturated carbocycles. The summed E-state index contributed by atoms with van der Waals surface area (Å²) >= 11 is 0. The average molecular weight is 201 g/mol. The number of methoxy groups -OCH3 is 1. The molecule has 0 fully saturated rings. The van der Waals surface area contributed by atoms with Gasteiger partial charge in [0.2, 0.25) is 0 Å². The van der Waals surface area contributed by atoms with E-state index in [-0.39, 0.29) is 6.10 Å². The van der Waals surface area contributed by atoms with E-state index in [1.165, 1.54) is 0 Å². The minimum atomic E-state index is 0.0115. The normalized spacial score (nSPS) is 17.9. The highest BCUT2D eigenvalue weighted by atomic mass is 16.5. The van der Waals surface area contributed by atoms with Gasteiger partial charge in [-0.1, -0.05) is 20.3 Å². The number of ether oxygens (including phenoxy) is 1. The van der Waals surface area contributed by atoms with Gasteiger partial charge < -0.3 is 14.4 Å². The lowest BCUT2D eigenvalue weighted by molar-refractivity contribution is -0.111. The van der Waals surface area contributed by atoms with Crippen molar-refractivity contribution >= 4 is 6.29 Å². The number of hydrogen-bond donors (Lipinski definition) is 0. The summed E-state index contributed by atoms with van der Waals surface area (Å²) in [5, 5.41) is 0. The van der Waals surface area contributed by atoms with Crippen LogP contribution in [-0.4, -0.2) is 44.5 Å². The number of nitrogens with zero attached hydrogens (tertiary/aromatic N) is 1. The molecule has 3 unspecified atom stereocenters. The van der Waals surface area contributed by atoms with E-state index in [9.17, 15) is 4.79 Å². The molecule has 0 aliphatic carbocycles. The van der Waals surface area contributed by atoms with Crippen molar-refractivity contribution in [3.8, 4) is 0 Å². The summed E-state index contributed by atoms with van der Waals surface area (Å²) in [4.78, 5) is 12.7. The summed E-state index contributed by atoms with van der Waals surface area (Å²) in [5.41, 5.74) is 0. The Hall–Kier alpha value is -0.410. The van der Waals surface area contributed by atoms with Gasteiger partial charge in [0, 0.05) is 19.6 Å². The molecule has 0 aliphatic heterocycles. The van der Waals surface area contributed by atoms with Crippen molar-refractivity contribution in [2.45, 2.75) is 38.8 Å². The van der Waals surface area contributed by atoms with Crippen LogP contribution in [0.25, 0.3) is 0 Å². The number of hydrogen-bond acceptors (Lipinski definition) is 3. The molecule has 84 valence electrons. The second-order valence-corrected chi connectivity index (χ2v) is 4.02. The fourth-order valence-corrected chi connectivity index (χ4v) is 1.92. The van der Waals surface area contributed by atoms with E-state index < -0.39 is 0 Å². The van der Waals surface area contributed by atoms with Crippen molar-refractivity contribution < 1.29 is 9.53 Å². The molecular formula is C11H23NO2. The summed E-state index contributed by atoms with van der Waals surface area (Å²) in [6.45, 7) is 4.36. The van der Waals surface area contributed by atoms with Crippen LogP contribution in [-0.2, 0) is 9.53 Å². The van der Waals surface area contributed by atoms with Crippen molar-refractivity contribution in [2.24, 2.45) is 5.92 Å². The van der Waals surface area contributed by atoms with Crippen molar-refractivity contribution in [3.05, 3.63) is 0 Å². The molecule has 3 heteroatoms. The molecule has 0 bridgehead atoms. The van der Waals surface area contributed by atoms with Crippen molar-refractivity contribution in [2.75, 3.05) is 21.2 Å². The molecule has 0 radical (unpaired) electrons. The van der Waals surface area contributed by atoms with Crippen LogP contribution in [0, 0.1) is 5.92 Å². The fraction of sp³-hybridized carbons (Fsp3) is 0.909. The number of rotatable bonds is 7. The van der Waals surface area contributed by atoms with Gasteiger partial charge in [-0.05, 0) is 20.0 Å². The number of aldehydes is 1. The Labute approximate surface area is 87.4 Å². The van der Waals surface area contributed by atoms with E-state index in [0.717, 1.165) is 12.7 Å². The third kappa shape index (κ3) is 3.76. The van der Waals surface area contributed by atoms with E-state index in [1.807, 2.05) is 14.1 Å². The molecule has 0 aromatic rings. The van der Waals surface area contributed by atoms with Crippen LogP contribution in [0.15, 0.2) is 0 Å². The number of carbonyl (C=O) groups is 1. The Bertz CT molecular complexity index is 159. The Balaban J connectivity index is 4.50. The zero-order valence-corrected chi connectivity index (χ0v) is 9.99. The Morgan fingerprint density at radius 2 is 2.00 bits per heavy atom. The van der Waals surface area contributed by atoms with Crippen molar-refractivity contribution in [3.63, 3.8) is 0 Å². The number of carbonyl (C=O) groups excluding carboxylic acids is 1. The minimum Gasteiger partial charge on any atom is -0.379 e. The number of likely N-dealkylation sites (N-methyl/N-ethyl adjacent to an activating group) is 1. The van der Waals surface area contributed by atoms with Crippen molar-refractivity contribution in [1.29, 1.82) is 0 Å². The molecule has 14 heavy (non-hydrogen) atoms. The topological polar surface area (TPSA) is 29.5 Å². The Morgan fingerprint density at radius 1 is 1.43 bits per heavy atom. The van der Waals surface area contributed by atoms with Crippen LogP contribution in [0.4, 0.5) is 0 Å². The molecule has 0 amide bonds. The third-order valence-corrected chi connectivity index (χ3v) is 2.84. The van der Waals surface area contributed by atoms with Crippen LogP contribution in [0.5, 0.6) is 0 Å². The van der Waals surface area contributed by atoms with Gasteiger partial charge in [0.05, 0.1) is 6.10 Å². The average Bonchev–Trinajstić information content (AvgIpc) is 2.16. The van der Waals surface area contributed by atoms with E-state index >= 15 is 0 Å². The van der Waals surface area contributed by atoms with Gasteiger partial charge in [0.1, 0.15) is 6.29 Å². The largest absolute Gasteiger partial charge is 0.379 e. The lowest BCUT2D eigenvalue weighted by Crippen LogP contribution is -2.44. The second-order valence-electron chi connectivity index (χ2n) is 4.02. The highest BCUT2D eigenvalue weighted by molar-refractivity contribution is 5.50. The van der Waals surface area contributed by atoms with Gasteiger partial charge >= 0.3 is 0 Å². The summed E-state index contributed by atoms with van der Waals surface area (Å²) in [6, 6.07) is 0.315. The minimum absolute atomic E-state index is 0.0115. The molecule has 0 saturated heterocycles. The van der Waals surface area contributed by atoms with Gasteiger partial charge in [-0.3, -0.25) is 0 Å². The second kappa shape index (κ2) is 6.96. The van der Waals surface area contributed by atoms with Crippen LogP contribution in [0.3, 0.4) is 0 Å². The van der Waals surface area contributed by atoms with E-state index in [2.05, 4.69) is 18.7 Å². The maximum Gasteiger partial charge on any atom is 0.122 e. The predicted octanol–water partition coefficient (Wildman–Crippen LogP) is 1.57. The van der Waals surface area contributed by atoms with Gasteiger partial charge in [0.25, 0.3) is 0 Å². The lowest BCUT2D eigenvalue weighted by atomic mass is 9.92. The molecule has 0 N–H and O–H groups in total. The zero-order chi connectivity index (χ0) is 11.1. The fourth-order valence-electron chi connectivity index (χ4n) is 1.92. The van der Waals surface area contributed by atoms with Crippen LogP contribution in [0.2, 0.25) is 0 Å². The van der Waals surface area contributed by atoms with E-state index in [0.29, 0.717) is 18.4 Å². The highest BCUT2D eigenvalue weighted by Crippen LogP contribution is 2.19. The highest BCUT2D eigenvalue weighted by Gasteiger charge is 2.27. The van der Waals surface area contributed by atoms with E-state index in [4.69, 9.17) is 4.74 Å². The maximum absolute atomic E-state index is 10.5. The third-order valence-electron chi connectivity index (χ3n) is 2.84. The molecule has 0 heterocycles. The van der Waals surface area contributed by atoms with Gasteiger partial charge in [-0.2, -0.15) is 0 Å². The molecule has 0 spiro atoms. The quantitative estimate of drug-likeness (QED) is 0.586. The van der Waals surface area contributed by atoms with Crippen LogP contribution >= 0.6 is 0 Å². The predicted molar refractivity (Wildman–Crippen MR) is 58.4 cm³/mol. The lowest BCUT2D eigenvalue weighted by Gasteiger charge is -2.34. The van der Waals surface area contributed by atoms with Crippen molar-refractivity contribution in [1.82, 2.24) is 4.90 Å².